The number of carbonyl (C=O) groups is 2. The molecule has 0 unspecified atom stereocenters. The molecule has 4 aromatic rings. The van der Waals surface area contributed by atoms with E-state index >= 15 is 0 Å². The van der Waals surface area contributed by atoms with Crippen molar-refractivity contribution in [2.24, 2.45) is 0 Å². The van der Waals surface area contributed by atoms with Gasteiger partial charge in [-0.2, -0.15) is 0 Å². The number of ether oxygens (including phenoxy) is 1. The summed E-state index contributed by atoms with van der Waals surface area (Å²) in [5.74, 6) is -1.51. The smallest absolute Gasteiger partial charge is 0.342 e. The van der Waals surface area contributed by atoms with Crippen molar-refractivity contribution in [2.45, 2.75) is 11.8 Å². The lowest BCUT2D eigenvalue weighted by molar-refractivity contribution is -0.131. The predicted molar refractivity (Wildman–Crippen MR) is 127 cm³/mol. The van der Waals surface area contributed by atoms with E-state index in [9.17, 15) is 14.7 Å². The minimum Gasteiger partial charge on any atom is -0.488 e. The number of aromatic carboxylic acids is 1. The van der Waals surface area contributed by atoms with Gasteiger partial charge in [-0.15, -0.1) is 0 Å². The zero-order chi connectivity index (χ0) is 23.4. The lowest BCUT2D eigenvalue weighted by Crippen LogP contribution is -1.99. The number of oxazole rings is 1. The van der Waals surface area contributed by atoms with Crippen molar-refractivity contribution < 1.29 is 29.0 Å². The molecule has 0 aliphatic rings. The Morgan fingerprint density at radius 3 is 2.48 bits per heavy atom. The highest BCUT2D eigenvalue weighted by molar-refractivity contribution is 9.10. The van der Waals surface area contributed by atoms with Gasteiger partial charge in [0.15, 0.2) is 5.58 Å². The first-order valence-corrected chi connectivity index (χ1v) is 11.2. The van der Waals surface area contributed by atoms with Crippen LogP contribution in [0.1, 0.15) is 21.5 Å². The Bertz CT molecular complexity index is 1330. The zero-order valence-electron chi connectivity index (χ0n) is 16.9. The lowest BCUT2D eigenvalue weighted by atomic mass is 10.1. The fourth-order valence-corrected chi connectivity index (χ4v) is 4.16. The molecule has 2 N–H and O–H groups in total. The third-order valence-corrected chi connectivity index (χ3v) is 6.01. The second-order valence-electron chi connectivity index (χ2n) is 6.84. The summed E-state index contributed by atoms with van der Waals surface area (Å²) >= 11 is 4.38. The number of carboxylic acids is 2. The molecule has 0 amide bonds. The number of halogens is 1. The fraction of sp³-hybridized carbons (Fsp3) is 0.0417. The van der Waals surface area contributed by atoms with E-state index in [1.807, 2.05) is 12.1 Å². The van der Waals surface area contributed by atoms with Crippen molar-refractivity contribution in [2.75, 3.05) is 0 Å². The molecule has 0 spiro atoms. The summed E-state index contributed by atoms with van der Waals surface area (Å²) in [6.45, 7) is 0.252. The monoisotopic (exact) mass is 525 g/mol. The van der Waals surface area contributed by atoms with E-state index in [0.717, 1.165) is 17.3 Å². The maximum atomic E-state index is 11.8. The average molecular weight is 526 g/mol. The summed E-state index contributed by atoms with van der Waals surface area (Å²) in [4.78, 5) is 27.1. The molecule has 0 saturated carbocycles. The van der Waals surface area contributed by atoms with Gasteiger partial charge in [0.05, 0.1) is 10.0 Å². The molecule has 0 fully saturated rings. The van der Waals surface area contributed by atoms with Crippen LogP contribution in [0.2, 0.25) is 0 Å². The van der Waals surface area contributed by atoms with Crippen LogP contribution < -0.4 is 4.74 Å². The van der Waals surface area contributed by atoms with E-state index in [1.54, 1.807) is 42.5 Å². The molecule has 0 bridgehead atoms. The Balaban J connectivity index is 1.47. The van der Waals surface area contributed by atoms with Crippen LogP contribution in [0.3, 0.4) is 0 Å². The summed E-state index contributed by atoms with van der Waals surface area (Å²) in [6, 6.07) is 18.9. The van der Waals surface area contributed by atoms with E-state index in [1.165, 1.54) is 18.2 Å². The van der Waals surface area contributed by atoms with Gasteiger partial charge in [-0.05, 0) is 81.3 Å². The highest BCUT2D eigenvalue weighted by Crippen LogP contribution is 2.32. The molecular formula is C24H16BrNO6S. The Hall–Kier alpha value is -3.56. The molecule has 33 heavy (non-hydrogen) atoms. The number of hydrogen-bond acceptors (Lipinski definition) is 6. The SMILES string of the molecule is O=C(O)/C(=C/c1ccc(OCc2ccc(C(=O)O)cc2)c(Br)c1)Sc1nc2ccccc2o1. The summed E-state index contributed by atoms with van der Waals surface area (Å²) in [5.41, 5.74) is 2.93. The van der Waals surface area contributed by atoms with Crippen LogP contribution in [0.25, 0.3) is 17.2 Å². The average Bonchev–Trinajstić information content (AvgIpc) is 3.21. The molecule has 0 radical (unpaired) electrons. The molecule has 0 atom stereocenters. The number of fused-ring (bicyclic) bond motifs is 1. The van der Waals surface area contributed by atoms with Crippen molar-refractivity contribution in [1.29, 1.82) is 0 Å². The highest BCUT2D eigenvalue weighted by atomic mass is 79.9. The molecule has 0 aliphatic heterocycles. The summed E-state index contributed by atoms with van der Waals surface area (Å²) in [7, 11) is 0. The Labute approximate surface area is 200 Å². The van der Waals surface area contributed by atoms with Crippen LogP contribution >= 0.6 is 27.7 Å². The number of thioether (sulfide) groups is 1. The largest absolute Gasteiger partial charge is 0.488 e. The predicted octanol–water partition coefficient (Wildman–Crippen LogP) is 6.09. The molecule has 1 heterocycles. The van der Waals surface area contributed by atoms with Crippen LogP contribution in [0.4, 0.5) is 0 Å². The maximum Gasteiger partial charge on any atom is 0.342 e. The Morgan fingerprint density at radius 1 is 1.06 bits per heavy atom. The van der Waals surface area contributed by atoms with Gasteiger partial charge in [0.1, 0.15) is 22.8 Å². The maximum absolute atomic E-state index is 11.8. The molecule has 1 aromatic heterocycles. The van der Waals surface area contributed by atoms with Crippen molar-refractivity contribution >= 4 is 56.8 Å². The van der Waals surface area contributed by atoms with E-state index in [-0.39, 0.29) is 22.3 Å². The number of para-hydroxylation sites is 2. The quantitative estimate of drug-likeness (QED) is 0.210. The molecule has 9 heteroatoms. The summed E-state index contributed by atoms with van der Waals surface area (Å²) in [6.07, 6.45) is 1.53. The minimum absolute atomic E-state index is 0.0562. The number of carboxylic acid groups (broad SMARTS) is 2. The molecule has 0 saturated heterocycles. The van der Waals surface area contributed by atoms with Gasteiger partial charge in [0.2, 0.25) is 0 Å². The number of hydrogen-bond donors (Lipinski definition) is 2. The van der Waals surface area contributed by atoms with E-state index < -0.39 is 11.9 Å². The first-order valence-electron chi connectivity index (χ1n) is 9.62. The van der Waals surface area contributed by atoms with Gasteiger partial charge in [-0.3, -0.25) is 0 Å². The Kier molecular flexibility index (Phi) is 6.81. The van der Waals surface area contributed by atoms with Gasteiger partial charge in [0.25, 0.3) is 5.22 Å². The number of nitrogens with zero attached hydrogens (tertiary/aromatic N) is 1. The Morgan fingerprint density at radius 2 is 1.82 bits per heavy atom. The number of aromatic nitrogens is 1. The summed E-state index contributed by atoms with van der Waals surface area (Å²) < 4.78 is 12.1. The van der Waals surface area contributed by atoms with E-state index in [0.29, 0.717) is 26.9 Å². The third-order valence-electron chi connectivity index (χ3n) is 4.53. The van der Waals surface area contributed by atoms with E-state index in [2.05, 4.69) is 20.9 Å². The highest BCUT2D eigenvalue weighted by Gasteiger charge is 2.15. The third kappa shape index (κ3) is 5.63. The van der Waals surface area contributed by atoms with Crippen molar-refractivity contribution in [3.63, 3.8) is 0 Å². The van der Waals surface area contributed by atoms with Crippen molar-refractivity contribution in [3.8, 4) is 5.75 Å². The molecular weight excluding hydrogens is 510 g/mol. The van der Waals surface area contributed by atoms with Crippen molar-refractivity contribution in [3.05, 3.63) is 92.8 Å². The van der Waals surface area contributed by atoms with Crippen LogP contribution in [-0.2, 0) is 11.4 Å². The fourth-order valence-electron chi connectivity index (χ4n) is 2.90. The van der Waals surface area contributed by atoms with Gasteiger partial charge in [-0.25, -0.2) is 14.6 Å². The zero-order valence-corrected chi connectivity index (χ0v) is 19.3. The normalized spacial score (nSPS) is 11.5. The number of aliphatic carboxylic acids is 1. The number of rotatable bonds is 8. The molecule has 0 aliphatic carbocycles. The molecule has 166 valence electrons. The topological polar surface area (TPSA) is 110 Å². The van der Waals surface area contributed by atoms with Gasteiger partial charge >= 0.3 is 11.9 Å². The van der Waals surface area contributed by atoms with Gasteiger partial charge in [-0.1, -0.05) is 30.3 Å². The van der Waals surface area contributed by atoms with Crippen LogP contribution in [0, 0.1) is 0 Å². The molecule has 7 nitrogen and oxygen atoms in total. The molecule has 4 rings (SSSR count). The van der Waals surface area contributed by atoms with Crippen LogP contribution in [0.15, 0.2) is 85.7 Å². The van der Waals surface area contributed by atoms with Crippen molar-refractivity contribution in [1.82, 2.24) is 4.98 Å². The van der Waals surface area contributed by atoms with Crippen LogP contribution in [-0.4, -0.2) is 27.1 Å². The standard InChI is InChI=1S/C24H16BrNO6S/c25-17-11-15(7-10-19(17)31-13-14-5-8-16(9-6-14)22(27)28)12-21(23(29)30)33-24-26-18-3-1-2-4-20(18)32-24/h1-12H,13H2,(H,27,28)(H,29,30)/b21-12-. The van der Waals surface area contributed by atoms with E-state index in [4.69, 9.17) is 14.3 Å². The van der Waals surface area contributed by atoms with Gasteiger partial charge in [0, 0.05) is 0 Å². The second kappa shape index (κ2) is 9.93. The minimum atomic E-state index is -1.09. The number of benzene rings is 3. The second-order valence-corrected chi connectivity index (χ2v) is 8.69. The summed E-state index contributed by atoms with van der Waals surface area (Å²) in [5, 5.41) is 18.8. The first kappa shape index (κ1) is 22.6. The van der Waals surface area contributed by atoms with Gasteiger partial charge < -0.3 is 19.4 Å². The van der Waals surface area contributed by atoms with Crippen LogP contribution in [0.5, 0.6) is 5.75 Å². The molecule has 3 aromatic carbocycles. The lowest BCUT2D eigenvalue weighted by Gasteiger charge is -2.09. The first-order chi connectivity index (χ1) is 15.9.